The van der Waals surface area contributed by atoms with Gasteiger partial charge in [0.15, 0.2) is 5.06 Å². The first-order valence-corrected chi connectivity index (χ1v) is 6.00. The Morgan fingerprint density at radius 3 is 2.94 bits per heavy atom. The Bertz CT molecular complexity index is 556. The van der Waals surface area contributed by atoms with Crippen LogP contribution in [-0.2, 0) is 4.79 Å². The lowest BCUT2D eigenvalue weighted by Gasteiger charge is -1.95. The molecule has 0 aliphatic carbocycles. The summed E-state index contributed by atoms with van der Waals surface area (Å²) in [5.41, 5.74) is 0. The maximum atomic E-state index is 11.1. The fourth-order valence-electron chi connectivity index (χ4n) is 1.07. The molecule has 2 heterocycles. The molecular formula is C9H6Cl2N2O2S. The number of halogens is 2. The van der Waals surface area contributed by atoms with Crippen molar-refractivity contribution in [2.45, 2.75) is 13.3 Å². The standard InChI is InChI=1S/C9H6Cl2N2O2S/c1-2-5(14)15-6-3-4-7(10)12-9(11)13-8(4)16-6/h3H,2H2,1H3. The summed E-state index contributed by atoms with van der Waals surface area (Å²) in [6, 6.07) is 1.63. The van der Waals surface area contributed by atoms with Crippen LogP contribution in [0, 0.1) is 0 Å². The molecule has 0 amide bonds. The first kappa shape index (κ1) is 11.6. The Labute approximate surface area is 105 Å². The smallest absolute Gasteiger partial charge is 0.311 e. The summed E-state index contributed by atoms with van der Waals surface area (Å²) in [5.74, 6) is -0.304. The van der Waals surface area contributed by atoms with E-state index in [0.29, 0.717) is 21.7 Å². The Hall–Kier alpha value is -0.910. The third-order valence-electron chi connectivity index (χ3n) is 1.80. The summed E-state index contributed by atoms with van der Waals surface area (Å²) in [4.78, 5) is 19.5. The highest BCUT2D eigenvalue weighted by atomic mass is 35.5. The molecule has 2 aromatic heterocycles. The molecule has 0 aliphatic heterocycles. The molecule has 0 unspecified atom stereocenters. The van der Waals surface area contributed by atoms with Crippen LogP contribution in [0.2, 0.25) is 10.4 Å². The zero-order valence-electron chi connectivity index (χ0n) is 8.16. The minimum Gasteiger partial charge on any atom is -0.415 e. The molecule has 2 rings (SSSR count). The molecule has 0 spiro atoms. The van der Waals surface area contributed by atoms with Crippen molar-refractivity contribution >= 4 is 50.7 Å². The Morgan fingerprint density at radius 1 is 1.50 bits per heavy atom. The molecule has 0 N–H and O–H groups in total. The molecule has 84 valence electrons. The van der Waals surface area contributed by atoms with Crippen LogP contribution in [0.1, 0.15) is 13.3 Å². The average molecular weight is 277 g/mol. The van der Waals surface area contributed by atoms with E-state index in [1.165, 1.54) is 11.3 Å². The fourth-order valence-corrected chi connectivity index (χ4v) is 2.52. The lowest BCUT2D eigenvalue weighted by atomic mass is 10.4. The molecule has 0 aliphatic rings. The zero-order chi connectivity index (χ0) is 11.7. The molecule has 7 heteroatoms. The minimum absolute atomic E-state index is 0.0766. The Morgan fingerprint density at radius 2 is 2.25 bits per heavy atom. The molecule has 16 heavy (non-hydrogen) atoms. The number of carbonyl (C=O) groups excluding carboxylic acids is 1. The van der Waals surface area contributed by atoms with Crippen molar-refractivity contribution in [2.24, 2.45) is 0 Å². The molecule has 0 saturated carbocycles. The van der Waals surface area contributed by atoms with E-state index in [9.17, 15) is 4.79 Å². The van der Waals surface area contributed by atoms with Gasteiger partial charge in [-0.25, -0.2) is 9.97 Å². The number of carbonyl (C=O) groups is 1. The Balaban J connectivity index is 2.44. The van der Waals surface area contributed by atoms with E-state index in [-0.39, 0.29) is 16.4 Å². The first-order chi connectivity index (χ1) is 7.60. The zero-order valence-corrected chi connectivity index (χ0v) is 10.5. The van der Waals surface area contributed by atoms with Gasteiger partial charge in [-0.2, -0.15) is 0 Å². The summed E-state index contributed by atoms with van der Waals surface area (Å²) < 4.78 is 5.05. The predicted octanol–water partition coefficient (Wildman–Crippen LogP) is 3.31. The normalized spacial score (nSPS) is 10.7. The van der Waals surface area contributed by atoms with Gasteiger partial charge in [-0.3, -0.25) is 4.79 Å². The van der Waals surface area contributed by atoms with Gasteiger partial charge in [-0.05, 0) is 11.6 Å². The largest absolute Gasteiger partial charge is 0.415 e. The molecule has 0 fully saturated rings. The van der Waals surface area contributed by atoms with Crippen molar-refractivity contribution in [1.29, 1.82) is 0 Å². The third kappa shape index (κ3) is 2.26. The molecule has 4 nitrogen and oxygen atoms in total. The number of hydrogen-bond acceptors (Lipinski definition) is 5. The molecule has 0 aromatic carbocycles. The van der Waals surface area contributed by atoms with Crippen molar-refractivity contribution in [1.82, 2.24) is 9.97 Å². The highest BCUT2D eigenvalue weighted by Crippen LogP contribution is 2.34. The van der Waals surface area contributed by atoms with Crippen molar-refractivity contribution in [3.63, 3.8) is 0 Å². The second-order valence-corrected chi connectivity index (χ2v) is 4.58. The molecule has 0 saturated heterocycles. The molecular weight excluding hydrogens is 271 g/mol. The highest BCUT2D eigenvalue weighted by Gasteiger charge is 2.12. The molecule has 0 atom stereocenters. The second kappa shape index (κ2) is 4.53. The van der Waals surface area contributed by atoms with Gasteiger partial charge in [0.25, 0.3) is 0 Å². The van der Waals surface area contributed by atoms with Gasteiger partial charge in [0, 0.05) is 12.5 Å². The van der Waals surface area contributed by atoms with Crippen molar-refractivity contribution in [3.05, 3.63) is 16.5 Å². The maximum Gasteiger partial charge on any atom is 0.311 e. The van der Waals surface area contributed by atoms with Gasteiger partial charge in [-0.15, -0.1) is 0 Å². The molecule has 2 aromatic rings. The van der Waals surface area contributed by atoms with Gasteiger partial charge in [-0.1, -0.05) is 29.9 Å². The van der Waals surface area contributed by atoms with E-state index in [0.717, 1.165) is 0 Å². The second-order valence-electron chi connectivity index (χ2n) is 2.90. The number of rotatable bonds is 2. The maximum absolute atomic E-state index is 11.1. The SMILES string of the molecule is CCC(=O)Oc1cc2c(Cl)nc(Cl)nc2s1. The van der Waals surface area contributed by atoms with Crippen LogP contribution in [0.5, 0.6) is 5.06 Å². The van der Waals surface area contributed by atoms with E-state index in [2.05, 4.69) is 9.97 Å². The van der Waals surface area contributed by atoms with Gasteiger partial charge >= 0.3 is 5.97 Å². The first-order valence-electron chi connectivity index (χ1n) is 4.43. The summed E-state index contributed by atoms with van der Waals surface area (Å²) in [5, 5.41) is 1.41. The van der Waals surface area contributed by atoms with Crippen molar-refractivity contribution in [3.8, 4) is 5.06 Å². The average Bonchev–Trinajstić information content (AvgIpc) is 2.60. The van der Waals surface area contributed by atoms with Crippen LogP contribution in [0.4, 0.5) is 0 Å². The fraction of sp³-hybridized carbons (Fsp3) is 0.222. The minimum atomic E-state index is -0.304. The van der Waals surface area contributed by atoms with Crippen molar-refractivity contribution < 1.29 is 9.53 Å². The van der Waals surface area contributed by atoms with Crippen LogP contribution < -0.4 is 4.74 Å². The molecule has 0 bridgehead atoms. The van der Waals surface area contributed by atoms with Gasteiger partial charge in [0.1, 0.15) is 9.98 Å². The van der Waals surface area contributed by atoms with Gasteiger partial charge in [0.2, 0.25) is 5.28 Å². The van der Waals surface area contributed by atoms with Crippen LogP contribution >= 0.6 is 34.5 Å². The number of nitrogens with zero attached hydrogens (tertiary/aromatic N) is 2. The third-order valence-corrected chi connectivity index (χ3v) is 3.16. The van der Waals surface area contributed by atoms with E-state index >= 15 is 0 Å². The monoisotopic (exact) mass is 276 g/mol. The predicted molar refractivity (Wildman–Crippen MR) is 63.4 cm³/mol. The topological polar surface area (TPSA) is 52.1 Å². The van der Waals surface area contributed by atoms with E-state index in [1.54, 1.807) is 13.0 Å². The Kier molecular flexibility index (Phi) is 3.28. The number of ether oxygens (including phenoxy) is 1. The van der Waals surface area contributed by atoms with E-state index in [4.69, 9.17) is 27.9 Å². The summed E-state index contributed by atoms with van der Waals surface area (Å²) in [7, 11) is 0. The van der Waals surface area contributed by atoms with Crippen LogP contribution in [0.3, 0.4) is 0 Å². The number of thiophene rings is 1. The number of hydrogen-bond donors (Lipinski definition) is 0. The summed E-state index contributed by atoms with van der Waals surface area (Å²) in [6.45, 7) is 1.72. The van der Waals surface area contributed by atoms with Gasteiger partial charge < -0.3 is 4.74 Å². The number of esters is 1. The van der Waals surface area contributed by atoms with Crippen molar-refractivity contribution in [2.75, 3.05) is 0 Å². The van der Waals surface area contributed by atoms with Gasteiger partial charge in [0.05, 0.1) is 5.39 Å². The van der Waals surface area contributed by atoms with Crippen LogP contribution in [0.25, 0.3) is 10.2 Å². The summed E-state index contributed by atoms with van der Waals surface area (Å²) in [6.07, 6.45) is 0.314. The molecule has 0 radical (unpaired) electrons. The van der Waals surface area contributed by atoms with Crippen LogP contribution in [0.15, 0.2) is 6.07 Å². The summed E-state index contributed by atoms with van der Waals surface area (Å²) >= 11 is 12.7. The number of fused-ring (bicyclic) bond motifs is 1. The lowest BCUT2D eigenvalue weighted by molar-refractivity contribution is -0.133. The highest BCUT2D eigenvalue weighted by molar-refractivity contribution is 7.20. The van der Waals surface area contributed by atoms with E-state index in [1.807, 2.05) is 0 Å². The van der Waals surface area contributed by atoms with E-state index < -0.39 is 0 Å². The quantitative estimate of drug-likeness (QED) is 0.480. The lowest BCUT2D eigenvalue weighted by Crippen LogP contribution is -2.03. The van der Waals surface area contributed by atoms with Crippen LogP contribution in [-0.4, -0.2) is 15.9 Å². The number of aromatic nitrogens is 2.